The van der Waals surface area contributed by atoms with E-state index in [9.17, 15) is 9.59 Å². The topological polar surface area (TPSA) is 59.1 Å². The summed E-state index contributed by atoms with van der Waals surface area (Å²) in [6.07, 6.45) is 2.19. The van der Waals surface area contributed by atoms with Crippen LogP contribution in [0.3, 0.4) is 0 Å². The zero-order valence-corrected chi connectivity index (χ0v) is 34.1. The summed E-state index contributed by atoms with van der Waals surface area (Å²) in [5.74, 6) is -0.0236. The van der Waals surface area contributed by atoms with E-state index >= 15 is 0 Å². The number of benzene rings is 8. The zero-order valence-electron chi connectivity index (χ0n) is 34.1. The van der Waals surface area contributed by atoms with Crippen LogP contribution in [0.2, 0.25) is 0 Å². The summed E-state index contributed by atoms with van der Waals surface area (Å²) in [4.78, 5) is 28.5. The van der Waals surface area contributed by atoms with Crippen LogP contribution in [-0.4, -0.2) is 32.1 Å². The fraction of sp³-hybridized carbons (Fsp3) is 0.148. The van der Waals surface area contributed by atoms with Crippen LogP contribution in [0, 0.1) is 0 Å². The standard InChI is InChI=1S/C54H48N2O4/c1-39(57)17-18-40-19-28-46(29-20-40)55(52-15-7-11-44-9-3-5-13-50(44)52)48-32-24-42(25-33-48)43-26-34-49(35-27-43)56(53-16-8-12-45-10-4-6-14-51(45)53)47-30-21-41(22-31-47)23-36-54(58)60-38-37-59-2/h3-16,19-22,24-35H,17-18,23,36-38H2,1-2H3. The molecule has 0 saturated carbocycles. The fourth-order valence-corrected chi connectivity index (χ4v) is 7.77. The number of carbonyl (C=O) groups is 2. The Labute approximate surface area is 352 Å². The van der Waals surface area contributed by atoms with Gasteiger partial charge in [0.15, 0.2) is 0 Å². The summed E-state index contributed by atoms with van der Waals surface area (Å²) in [6.45, 7) is 2.31. The summed E-state index contributed by atoms with van der Waals surface area (Å²) in [7, 11) is 1.59. The van der Waals surface area contributed by atoms with E-state index in [1.165, 1.54) is 16.2 Å². The number of nitrogens with zero attached hydrogens (tertiary/aromatic N) is 2. The lowest BCUT2D eigenvalue weighted by Crippen LogP contribution is -2.11. The third-order valence-electron chi connectivity index (χ3n) is 10.9. The zero-order chi connectivity index (χ0) is 41.3. The van der Waals surface area contributed by atoms with Gasteiger partial charge in [-0.2, -0.15) is 0 Å². The summed E-state index contributed by atoms with van der Waals surface area (Å²) >= 11 is 0. The Bertz CT molecular complexity index is 2700. The van der Waals surface area contributed by atoms with E-state index in [4.69, 9.17) is 9.47 Å². The molecular formula is C54H48N2O4. The Kier molecular flexibility index (Phi) is 12.4. The number of hydrogen-bond donors (Lipinski definition) is 0. The summed E-state index contributed by atoms with van der Waals surface area (Å²) in [5.41, 5.74) is 10.8. The van der Waals surface area contributed by atoms with Crippen LogP contribution in [0.25, 0.3) is 32.7 Å². The van der Waals surface area contributed by atoms with Gasteiger partial charge >= 0.3 is 5.97 Å². The molecule has 8 rings (SSSR count). The molecule has 8 aromatic carbocycles. The van der Waals surface area contributed by atoms with Crippen molar-refractivity contribution in [3.63, 3.8) is 0 Å². The lowest BCUT2D eigenvalue weighted by Gasteiger charge is -2.28. The Morgan fingerprint density at radius 3 is 1.28 bits per heavy atom. The van der Waals surface area contributed by atoms with Gasteiger partial charge in [0.2, 0.25) is 0 Å². The van der Waals surface area contributed by atoms with E-state index in [0.717, 1.165) is 68.2 Å². The third-order valence-corrected chi connectivity index (χ3v) is 10.9. The average Bonchev–Trinajstić information content (AvgIpc) is 3.29. The van der Waals surface area contributed by atoms with Crippen molar-refractivity contribution in [3.05, 3.63) is 193 Å². The number of carbonyl (C=O) groups excluding carboxylic acids is 2. The minimum atomic E-state index is -0.224. The highest BCUT2D eigenvalue weighted by Crippen LogP contribution is 2.42. The fourth-order valence-electron chi connectivity index (χ4n) is 7.77. The van der Waals surface area contributed by atoms with Crippen molar-refractivity contribution in [2.45, 2.75) is 32.6 Å². The van der Waals surface area contributed by atoms with Crippen molar-refractivity contribution in [1.29, 1.82) is 0 Å². The number of fused-ring (bicyclic) bond motifs is 2. The molecule has 8 aromatic rings. The van der Waals surface area contributed by atoms with Crippen LogP contribution in [-0.2, 0) is 31.9 Å². The maximum atomic E-state index is 12.2. The highest BCUT2D eigenvalue weighted by molar-refractivity contribution is 6.00. The second-order valence-corrected chi connectivity index (χ2v) is 15.0. The van der Waals surface area contributed by atoms with Crippen LogP contribution in [0.15, 0.2) is 182 Å². The number of aryl methyl sites for hydroxylation is 2. The molecule has 0 N–H and O–H groups in total. The largest absolute Gasteiger partial charge is 0.463 e. The molecule has 0 atom stereocenters. The Balaban J connectivity index is 1.09. The minimum Gasteiger partial charge on any atom is -0.463 e. The van der Waals surface area contributed by atoms with Crippen LogP contribution in [0.1, 0.15) is 30.9 Å². The first-order chi connectivity index (χ1) is 29.4. The van der Waals surface area contributed by atoms with Crippen LogP contribution >= 0.6 is 0 Å². The molecule has 0 aromatic heterocycles. The first-order valence-corrected chi connectivity index (χ1v) is 20.5. The van der Waals surface area contributed by atoms with E-state index in [-0.39, 0.29) is 18.4 Å². The second kappa shape index (κ2) is 18.7. The molecule has 0 heterocycles. The number of anilines is 6. The summed E-state index contributed by atoms with van der Waals surface area (Å²) in [5, 5.41) is 4.68. The van der Waals surface area contributed by atoms with Crippen molar-refractivity contribution in [1.82, 2.24) is 0 Å². The van der Waals surface area contributed by atoms with Gasteiger partial charge in [0.05, 0.1) is 18.0 Å². The van der Waals surface area contributed by atoms with Gasteiger partial charge in [0, 0.05) is 53.5 Å². The van der Waals surface area contributed by atoms with E-state index in [0.29, 0.717) is 25.9 Å². The number of ketones is 1. The molecule has 0 radical (unpaired) electrons. The van der Waals surface area contributed by atoms with Crippen LogP contribution in [0.4, 0.5) is 34.1 Å². The summed E-state index contributed by atoms with van der Waals surface area (Å²) in [6, 6.07) is 64.3. The first kappa shape index (κ1) is 39.8. The third kappa shape index (κ3) is 9.15. The van der Waals surface area contributed by atoms with Crippen molar-refractivity contribution in [2.24, 2.45) is 0 Å². The molecule has 6 heteroatoms. The maximum absolute atomic E-state index is 12.2. The number of hydrogen-bond acceptors (Lipinski definition) is 6. The number of Topliss-reactive ketones (excluding diaryl/α,β-unsaturated/α-hetero) is 1. The number of esters is 1. The van der Waals surface area contributed by atoms with Gasteiger partial charge in [-0.15, -0.1) is 0 Å². The first-order valence-electron chi connectivity index (χ1n) is 20.5. The predicted molar refractivity (Wildman–Crippen MR) is 246 cm³/mol. The average molecular weight is 789 g/mol. The number of methoxy groups -OCH3 is 1. The van der Waals surface area contributed by atoms with Gasteiger partial charge in [-0.05, 0) is 113 Å². The number of ether oxygens (including phenoxy) is 2. The molecule has 0 amide bonds. The van der Waals surface area contributed by atoms with E-state index in [1.54, 1.807) is 14.0 Å². The smallest absolute Gasteiger partial charge is 0.306 e. The monoisotopic (exact) mass is 788 g/mol. The van der Waals surface area contributed by atoms with Gasteiger partial charge in [0.25, 0.3) is 0 Å². The minimum absolute atomic E-state index is 0.200. The highest BCUT2D eigenvalue weighted by Gasteiger charge is 2.18. The Morgan fingerprint density at radius 2 is 0.850 bits per heavy atom. The summed E-state index contributed by atoms with van der Waals surface area (Å²) < 4.78 is 10.3. The number of rotatable bonds is 16. The molecule has 0 fully saturated rings. The molecule has 0 saturated heterocycles. The molecule has 0 unspecified atom stereocenters. The van der Waals surface area contributed by atoms with Crippen molar-refractivity contribution < 1.29 is 19.1 Å². The predicted octanol–water partition coefficient (Wildman–Crippen LogP) is 13.2. The molecule has 6 nitrogen and oxygen atoms in total. The lowest BCUT2D eigenvalue weighted by molar-refractivity contribution is -0.144. The van der Waals surface area contributed by atoms with Gasteiger partial charge < -0.3 is 24.1 Å². The Hall–Kier alpha value is -7.02. The highest BCUT2D eigenvalue weighted by atomic mass is 16.6. The lowest BCUT2D eigenvalue weighted by atomic mass is 10.0. The normalized spacial score (nSPS) is 11.1. The molecule has 0 spiro atoms. The second-order valence-electron chi connectivity index (χ2n) is 15.0. The molecule has 0 bridgehead atoms. The molecule has 0 aliphatic carbocycles. The van der Waals surface area contributed by atoms with Crippen molar-refractivity contribution >= 4 is 67.4 Å². The maximum Gasteiger partial charge on any atom is 0.306 e. The van der Waals surface area contributed by atoms with Gasteiger partial charge in [0.1, 0.15) is 12.4 Å². The molecule has 0 aliphatic rings. The molecular weight excluding hydrogens is 741 g/mol. The molecule has 0 aliphatic heterocycles. The van der Waals surface area contributed by atoms with Crippen molar-refractivity contribution in [3.8, 4) is 11.1 Å². The van der Waals surface area contributed by atoms with E-state index in [1.807, 2.05) is 0 Å². The molecule has 298 valence electrons. The van der Waals surface area contributed by atoms with Crippen LogP contribution < -0.4 is 9.80 Å². The van der Waals surface area contributed by atoms with Gasteiger partial charge in [-0.25, -0.2) is 0 Å². The van der Waals surface area contributed by atoms with E-state index in [2.05, 4.69) is 192 Å². The van der Waals surface area contributed by atoms with Crippen molar-refractivity contribution in [2.75, 3.05) is 30.1 Å². The molecule has 60 heavy (non-hydrogen) atoms. The van der Waals surface area contributed by atoms with Gasteiger partial charge in [-0.3, -0.25) is 4.79 Å². The SMILES string of the molecule is COCCOC(=O)CCc1ccc(N(c2ccc(-c3ccc(N(c4ccc(CCC(C)=O)cc4)c4cccc5ccccc45)cc3)cc2)c2cccc3ccccc23)cc1. The van der Waals surface area contributed by atoms with Crippen LogP contribution in [0.5, 0.6) is 0 Å². The quantitative estimate of drug-likeness (QED) is 0.0718. The van der Waals surface area contributed by atoms with E-state index < -0.39 is 0 Å². The van der Waals surface area contributed by atoms with Gasteiger partial charge in [-0.1, -0.05) is 121 Å². The Morgan fingerprint density at radius 1 is 0.450 bits per heavy atom.